The van der Waals surface area contributed by atoms with Crippen LogP contribution < -0.4 is 15.9 Å². The van der Waals surface area contributed by atoms with Gasteiger partial charge in [0.05, 0.1) is 0 Å². The topological polar surface area (TPSA) is 0 Å². The summed E-state index contributed by atoms with van der Waals surface area (Å²) in [5.41, 5.74) is 0. The van der Waals surface area contributed by atoms with Crippen molar-refractivity contribution in [1.82, 2.24) is 0 Å². The number of hydrogen-bond donors (Lipinski definition) is 0. The maximum absolute atomic E-state index is 2.91. The van der Waals surface area contributed by atoms with Gasteiger partial charge in [0.15, 0.2) is 0 Å². The molecule has 0 nitrogen and oxygen atoms in total. The fourth-order valence-corrected chi connectivity index (χ4v) is 13.3. The molecule has 0 aliphatic rings. The molecule has 0 heterocycles. The molecule has 0 saturated carbocycles. The van der Waals surface area contributed by atoms with Crippen LogP contribution >= 0.6 is 26.3 Å². The van der Waals surface area contributed by atoms with E-state index in [2.05, 4.69) is 151 Å². The zero-order valence-electron chi connectivity index (χ0n) is 20.1. The Labute approximate surface area is 214 Å². The van der Waals surface area contributed by atoms with E-state index in [0.717, 1.165) is 12.8 Å². The van der Waals surface area contributed by atoms with Crippen LogP contribution in [0.15, 0.2) is 115 Å². The average molecular weight is 569 g/mol. The van der Waals surface area contributed by atoms with Crippen LogP contribution in [0, 0.1) is 5.92 Å². The number of rotatable bonds is 12. The molecule has 0 N–H and O–H groups in total. The van der Waals surface area contributed by atoms with Crippen molar-refractivity contribution in [3.63, 3.8) is 0 Å². The Morgan fingerprint density at radius 1 is 0.667 bits per heavy atom. The van der Waals surface area contributed by atoms with Crippen LogP contribution in [0.5, 0.6) is 0 Å². The first kappa shape index (κ1) is 25.9. The van der Waals surface area contributed by atoms with Crippen LogP contribution in [-0.2, 0) is 0 Å². The van der Waals surface area contributed by atoms with Crippen LogP contribution in [0.4, 0.5) is 0 Å². The summed E-state index contributed by atoms with van der Waals surface area (Å²) in [6.07, 6.45) is 16.2. The van der Waals surface area contributed by atoms with Crippen molar-refractivity contribution in [2.24, 2.45) is 5.92 Å². The van der Waals surface area contributed by atoms with E-state index in [1.807, 2.05) is 0 Å². The van der Waals surface area contributed by atoms with Gasteiger partial charge in [-0.1, -0.05) is 0 Å². The Morgan fingerprint density at radius 2 is 1.12 bits per heavy atom. The average Bonchev–Trinajstić information content (AvgIpc) is 2.88. The van der Waals surface area contributed by atoms with E-state index in [4.69, 9.17) is 0 Å². The molecule has 0 fully saturated rings. The fourth-order valence-electron chi connectivity index (χ4n) is 4.59. The van der Waals surface area contributed by atoms with E-state index < -0.39 is 4.25 Å². The molecule has 0 spiro atoms. The monoisotopic (exact) mass is 568 g/mol. The molecule has 174 valence electrons. The quantitative estimate of drug-likeness (QED) is 0.117. The molecule has 0 amide bonds. The van der Waals surface area contributed by atoms with Crippen molar-refractivity contribution in [2.75, 3.05) is 6.16 Å². The van der Waals surface area contributed by atoms with Gasteiger partial charge in [-0.3, -0.25) is 0 Å². The maximum atomic E-state index is 2.91. The summed E-state index contributed by atoms with van der Waals surface area (Å²) in [4.78, 5) is 0. The Morgan fingerprint density at radius 3 is 1.58 bits per heavy atom. The molecule has 2 heteroatoms. The van der Waals surface area contributed by atoms with Gasteiger partial charge in [0, 0.05) is 0 Å². The standard InChI is InChI=1S/C31H38IP/c1-3-4-5-6-7-8-12-19-28(2)26-27-33(32,29-20-13-9-14-21-29,30-22-15-10-16-23-30)31-24-17-11-18-25-31/h4-5,7-11,13-18,20-25,28H,3,6,12,19,26-27H2,1-2H3/b5-4-,8-7-. The minimum absolute atomic E-state index is 0.688. The van der Waals surface area contributed by atoms with Crippen LogP contribution in [-0.4, -0.2) is 6.16 Å². The molecule has 0 aliphatic carbocycles. The summed E-state index contributed by atoms with van der Waals surface area (Å²) >= 11 is 2.91. The summed E-state index contributed by atoms with van der Waals surface area (Å²) in [5, 5.41) is 4.45. The van der Waals surface area contributed by atoms with Crippen molar-refractivity contribution in [3.8, 4) is 0 Å². The van der Waals surface area contributed by atoms with Gasteiger partial charge in [-0.05, 0) is 0 Å². The molecular weight excluding hydrogens is 530 g/mol. The number of allylic oxidation sites excluding steroid dienone is 4. The molecular formula is C31H38IP. The predicted octanol–water partition coefficient (Wildman–Crippen LogP) is 8.59. The third-order valence-corrected chi connectivity index (χ3v) is 18.3. The second kappa shape index (κ2) is 12.7. The first-order valence-electron chi connectivity index (χ1n) is 12.3. The van der Waals surface area contributed by atoms with Crippen molar-refractivity contribution in [1.29, 1.82) is 0 Å². The molecule has 3 rings (SSSR count). The van der Waals surface area contributed by atoms with Gasteiger partial charge < -0.3 is 0 Å². The van der Waals surface area contributed by atoms with E-state index in [-0.39, 0.29) is 0 Å². The summed E-state index contributed by atoms with van der Waals surface area (Å²) in [7, 11) is 0. The van der Waals surface area contributed by atoms with Crippen LogP contribution in [0.3, 0.4) is 0 Å². The van der Waals surface area contributed by atoms with Crippen molar-refractivity contribution >= 4 is 42.2 Å². The number of benzene rings is 3. The summed E-state index contributed by atoms with van der Waals surface area (Å²) in [6, 6.07) is 33.9. The SMILES string of the molecule is CC/C=C\C/C=C\CCC(C)CCP(I)(c1ccccc1)(c1ccccc1)c1ccccc1. The Bertz CT molecular complexity index is 909. The van der Waals surface area contributed by atoms with E-state index in [1.165, 1.54) is 41.3 Å². The summed E-state index contributed by atoms with van der Waals surface area (Å²) < 4.78 is -2.63. The second-order valence-electron chi connectivity index (χ2n) is 8.97. The Kier molecular flexibility index (Phi) is 9.95. The summed E-state index contributed by atoms with van der Waals surface area (Å²) in [5.74, 6) is 0.688. The van der Waals surface area contributed by atoms with Gasteiger partial charge >= 0.3 is 216 Å². The third-order valence-electron chi connectivity index (χ3n) is 6.59. The van der Waals surface area contributed by atoms with Crippen LogP contribution in [0.2, 0.25) is 0 Å². The van der Waals surface area contributed by atoms with Crippen molar-refractivity contribution < 1.29 is 0 Å². The molecule has 1 atom stereocenters. The van der Waals surface area contributed by atoms with Gasteiger partial charge in [0.25, 0.3) is 0 Å². The number of hydrogen-bond acceptors (Lipinski definition) is 0. The first-order chi connectivity index (χ1) is 16.1. The second-order valence-corrected chi connectivity index (χ2v) is 19.7. The van der Waals surface area contributed by atoms with Gasteiger partial charge in [0.2, 0.25) is 0 Å². The number of halogens is 1. The van der Waals surface area contributed by atoms with Gasteiger partial charge in [0.1, 0.15) is 0 Å². The molecule has 0 aliphatic heterocycles. The normalized spacial score (nSPS) is 14.3. The van der Waals surface area contributed by atoms with E-state index in [9.17, 15) is 0 Å². The Balaban J connectivity index is 1.90. The summed E-state index contributed by atoms with van der Waals surface area (Å²) in [6.45, 7) is 4.62. The zero-order chi connectivity index (χ0) is 23.4. The van der Waals surface area contributed by atoms with Gasteiger partial charge in [-0.25, -0.2) is 0 Å². The molecule has 1 unspecified atom stereocenters. The first-order valence-corrected chi connectivity index (χ1v) is 17.5. The Hall–Kier alpha value is -1.70. The third kappa shape index (κ3) is 6.25. The van der Waals surface area contributed by atoms with E-state index in [1.54, 1.807) is 0 Å². The molecule has 0 saturated heterocycles. The molecule has 0 aromatic heterocycles. The molecule has 3 aromatic carbocycles. The molecule has 3 aromatic rings. The van der Waals surface area contributed by atoms with Crippen molar-refractivity contribution in [2.45, 2.75) is 46.0 Å². The van der Waals surface area contributed by atoms with E-state index >= 15 is 0 Å². The van der Waals surface area contributed by atoms with Crippen LogP contribution in [0.1, 0.15) is 46.0 Å². The predicted molar refractivity (Wildman–Crippen MR) is 160 cm³/mol. The molecule has 0 bridgehead atoms. The van der Waals surface area contributed by atoms with E-state index in [0.29, 0.717) is 5.92 Å². The van der Waals surface area contributed by atoms with Crippen LogP contribution in [0.25, 0.3) is 0 Å². The zero-order valence-corrected chi connectivity index (χ0v) is 23.2. The van der Waals surface area contributed by atoms with Crippen molar-refractivity contribution in [3.05, 3.63) is 115 Å². The molecule has 0 radical (unpaired) electrons. The van der Waals surface area contributed by atoms with Gasteiger partial charge in [-0.15, -0.1) is 0 Å². The van der Waals surface area contributed by atoms with Gasteiger partial charge in [-0.2, -0.15) is 0 Å². The molecule has 33 heavy (non-hydrogen) atoms. The fraction of sp³-hybridized carbons (Fsp3) is 0.290. The minimum atomic E-state index is -2.63.